The molecule has 0 unspecified atom stereocenters. The molecule has 0 aromatic carbocycles. The molecule has 0 spiro atoms. The van der Waals surface area contributed by atoms with Crippen LogP contribution in [0.4, 0.5) is 0 Å². The highest BCUT2D eigenvalue weighted by molar-refractivity contribution is 6.57. The standard InChI is InChI=1S/C6H14O4Si/c7-5-1-3-6(4-2-5)11(8,9)10/h5-10H,1-4H2/i8T,9T,10T. The average Bonchev–Trinajstić information content (AvgIpc) is 2.24. The molecule has 1 fully saturated rings. The maximum atomic E-state index is 9.26. The highest BCUT2D eigenvalue weighted by Gasteiger charge is 2.40. The fraction of sp³-hybridized carbons (Fsp3) is 1.00. The molecule has 0 aromatic heterocycles. The van der Waals surface area contributed by atoms with Crippen molar-refractivity contribution in [1.29, 1.82) is 4.29 Å². The van der Waals surface area contributed by atoms with Crippen LogP contribution in [-0.4, -0.2) is 38.7 Å². The zero-order chi connectivity index (χ0) is 10.6. The Morgan fingerprint density at radius 3 is 2.09 bits per heavy atom. The third-order valence-electron chi connectivity index (χ3n) is 2.20. The lowest BCUT2D eigenvalue weighted by atomic mass is 9.97. The molecule has 11 heavy (non-hydrogen) atoms. The van der Waals surface area contributed by atoms with Crippen LogP contribution in [-0.2, 0) is 0 Å². The van der Waals surface area contributed by atoms with Gasteiger partial charge in [-0.15, -0.1) is 0 Å². The number of aliphatic hydroxyl groups excluding tert-OH is 1. The van der Waals surface area contributed by atoms with E-state index >= 15 is 0 Å². The van der Waals surface area contributed by atoms with E-state index in [9.17, 15) is 5.11 Å². The molecule has 0 radical (unpaired) electrons. The molecule has 1 aliphatic rings. The molecule has 66 valence electrons. The first kappa shape index (κ1) is 5.66. The van der Waals surface area contributed by atoms with Crippen LogP contribution < -0.4 is 0 Å². The van der Waals surface area contributed by atoms with Gasteiger partial charge in [0.05, 0.1) is 6.10 Å². The SMILES string of the molecule is [3H]O[Si](O[3H])(O[3H])C1CCC(O)CC1. The second-order valence-corrected chi connectivity index (χ2v) is 5.13. The molecule has 4 N–H and O–H groups in total. The Labute approximate surface area is 71.0 Å². The largest absolute Gasteiger partial charge is 0.496 e. The minimum absolute atomic E-state index is 0.224. The summed E-state index contributed by atoms with van der Waals surface area (Å²) in [6.07, 6.45) is 1.97. The normalized spacial score (nSPS) is 37.4. The molecule has 1 saturated carbocycles. The molecule has 0 amide bonds. The van der Waals surface area contributed by atoms with Gasteiger partial charge in [-0.3, -0.25) is 0 Å². The van der Waals surface area contributed by atoms with Crippen LogP contribution in [0, 0.1) is 0 Å². The predicted octanol–water partition coefficient (Wildman–Crippen LogP) is -0.793. The minimum Gasteiger partial charge on any atom is -0.393 e. The molecule has 0 atom stereocenters. The van der Waals surface area contributed by atoms with E-state index < -0.39 is 8.80 Å². The van der Waals surface area contributed by atoms with Gasteiger partial charge in [-0.2, -0.15) is 0 Å². The van der Waals surface area contributed by atoms with Gasteiger partial charge in [0.15, 0.2) is 4.29 Å². The molecule has 0 saturated heterocycles. The Balaban J connectivity index is 2.60. The highest BCUT2D eigenvalue weighted by Crippen LogP contribution is 2.33. The summed E-state index contributed by atoms with van der Waals surface area (Å²) in [4.78, 5) is 12.9. The van der Waals surface area contributed by atoms with Crippen LogP contribution in [0.25, 0.3) is 0 Å². The van der Waals surface area contributed by atoms with Crippen molar-refractivity contribution in [3.8, 4) is 0 Å². The Hall–Kier alpha value is 0.0569. The van der Waals surface area contributed by atoms with Crippen molar-refractivity contribution in [3.05, 3.63) is 0 Å². The predicted molar refractivity (Wildman–Crippen MR) is 40.6 cm³/mol. The molecule has 4 nitrogen and oxygen atoms in total. The van der Waals surface area contributed by atoms with Crippen LogP contribution in [0.5, 0.6) is 0 Å². The number of hydrogen-bond donors (Lipinski definition) is 4. The summed E-state index contributed by atoms with van der Waals surface area (Å²) in [5, 5.41) is 9.26. The van der Waals surface area contributed by atoms with E-state index in [1.807, 2.05) is 0 Å². The van der Waals surface area contributed by atoms with Gasteiger partial charge in [0.25, 0.3) is 0 Å². The summed E-state index contributed by atoms with van der Waals surface area (Å²) in [5.41, 5.74) is -0.224. The summed E-state index contributed by atoms with van der Waals surface area (Å²) >= 11 is 0. The first-order valence-electron chi connectivity index (χ1n) is 5.02. The molecule has 1 rings (SSSR count). The first-order valence-corrected chi connectivity index (χ1v) is 5.59. The zero-order valence-electron chi connectivity index (χ0n) is 9.16. The van der Waals surface area contributed by atoms with Crippen molar-refractivity contribution < 1.29 is 19.5 Å². The van der Waals surface area contributed by atoms with Gasteiger partial charge >= 0.3 is 8.80 Å². The summed E-state index contributed by atoms with van der Waals surface area (Å²) in [6, 6.07) is 0. The molecule has 0 heterocycles. The molecule has 1 aliphatic carbocycles. The zero-order valence-corrected chi connectivity index (χ0v) is 7.16. The van der Waals surface area contributed by atoms with Crippen LogP contribution >= 0.6 is 0 Å². The van der Waals surface area contributed by atoms with E-state index in [4.69, 9.17) is 4.29 Å². The maximum Gasteiger partial charge on any atom is 0.496 e. The van der Waals surface area contributed by atoms with Gasteiger partial charge in [-0.05, 0) is 25.7 Å². The number of hydrogen-bond acceptors (Lipinski definition) is 4. The van der Waals surface area contributed by atoms with Gasteiger partial charge < -0.3 is 19.5 Å². The number of aliphatic hydroxyl groups is 1. The van der Waals surface area contributed by atoms with E-state index in [1.54, 1.807) is 0 Å². The summed E-state index contributed by atoms with van der Waals surface area (Å²) in [6.45, 7) is 0. The lowest BCUT2D eigenvalue weighted by Gasteiger charge is -2.28. The topological polar surface area (TPSA) is 80.9 Å². The Bertz CT molecular complexity index is 164. The van der Waals surface area contributed by atoms with Crippen molar-refractivity contribution >= 4 is 8.80 Å². The van der Waals surface area contributed by atoms with Crippen LogP contribution in [0.15, 0.2) is 0 Å². The molecular weight excluding hydrogens is 164 g/mol. The van der Waals surface area contributed by atoms with Crippen LogP contribution in [0.1, 0.15) is 25.7 Å². The van der Waals surface area contributed by atoms with Crippen molar-refractivity contribution in [1.82, 2.24) is 0 Å². The van der Waals surface area contributed by atoms with Gasteiger partial charge in [-0.1, -0.05) is 0 Å². The lowest BCUT2D eigenvalue weighted by molar-refractivity contribution is 0.112. The smallest absolute Gasteiger partial charge is 0.393 e. The van der Waals surface area contributed by atoms with Crippen LogP contribution in [0.3, 0.4) is 0 Å². The lowest BCUT2D eigenvalue weighted by Crippen LogP contribution is -2.42. The Kier molecular flexibility index (Phi) is 1.65. The Morgan fingerprint density at radius 1 is 1.09 bits per heavy atom. The quantitative estimate of drug-likeness (QED) is 0.432. The van der Waals surface area contributed by atoms with Gasteiger partial charge in [-0.25, -0.2) is 0 Å². The van der Waals surface area contributed by atoms with E-state index in [0.29, 0.717) is 25.7 Å². The minimum atomic E-state index is -3.46. The molecule has 0 bridgehead atoms. The van der Waals surface area contributed by atoms with Gasteiger partial charge in [0.2, 0.25) is 0 Å². The fourth-order valence-electron chi connectivity index (χ4n) is 1.43. The summed E-state index contributed by atoms with van der Waals surface area (Å²) < 4.78 is 20.4. The van der Waals surface area contributed by atoms with E-state index in [1.165, 1.54) is 0 Å². The third-order valence-corrected chi connectivity index (χ3v) is 3.77. The van der Waals surface area contributed by atoms with Crippen molar-refractivity contribution in [2.45, 2.75) is 37.3 Å². The van der Waals surface area contributed by atoms with Crippen LogP contribution in [0.2, 0.25) is 5.54 Å². The van der Waals surface area contributed by atoms with Gasteiger partial charge in [0.1, 0.15) is 0 Å². The third kappa shape index (κ3) is 2.53. The van der Waals surface area contributed by atoms with Crippen molar-refractivity contribution in [2.24, 2.45) is 0 Å². The molecule has 5 heteroatoms. The van der Waals surface area contributed by atoms with Crippen molar-refractivity contribution in [2.75, 3.05) is 0 Å². The van der Waals surface area contributed by atoms with E-state index in [0.717, 1.165) is 0 Å². The second-order valence-electron chi connectivity index (χ2n) is 3.11. The highest BCUT2D eigenvalue weighted by atomic mass is 28.4. The van der Waals surface area contributed by atoms with E-state index in [-0.39, 0.29) is 11.6 Å². The Morgan fingerprint density at radius 2 is 1.64 bits per heavy atom. The summed E-state index contributed by atoms with van der Waals surface area (Å²) in [5.74, 6) is 0. The molecule has 0 aromatic rings. The summed E-state index contributed by atoms with van der Waals surface area (Å²) in [7, 11) is -3.46. The maximum absolute atomic E-state index is 9.26. The van der Waals surface area contributed by atoms with E-state index in [2.05, 4.69) is 14.4 Å². The number of rotatable bonds is 4. The fourth-order valence-corrected chi connectivity index (χ4v) is 2.47. The average molecular weight is 184 g/mol. The van der Waals surface area contributed by atoms with Gasteiger partial charge in [0, 0.05) is 5.54 Å². The monoisotopic (exact) mass is 184 g/mol. The molecule has 0 aliphatic heterocycles. The van der Waals surface area contributed by atoms with Crippen molar-refractivity contribution in [3.63, 3.8) is 0 Å². The first-order chi connectivity index (χ1) is 6.68. The molecular formula is C6H14O4Si. The second kappa shape index (κ2) is 3.20.